The molecular formula is C26H17F6N3O3. The first-order valence-corrected chi connectivity index (χ1v) is 11.1. The van der Waals surface area contributed by atoms with Crippen LogP contribution in [0.15, 0.2) is 67.0 Å². The number of fused-ring (bicyclic) bond motifs is 2. The highest BCUT2D eigenvalue weighted by molar-refractivity contribution is 5.94. The van der Waals surface area contributed by atoms with Crippen LogP contribution in [0.25, 0.3) is 10.9 Å². The lowest BCUT2D eigenvalue weighted by Gasteiger charge is -2.24. The minimum Gasteiger partial charge on any atom is -0.454 e. The second-order valence-corrected chi connectivity index (χ2v) is 8.49. The highest BCUT2D eigenvalue weighted by atomic mass is 19.4. The van der Waals surface area contributed by atoms with Crippen LogP contribution in [-0.2, 0) is 25.4 Å². The summed E-state index contributed by atoms with van der Waals surface area (Å²) < 4.78 is 91.5. The van der Waals surface area contributed by atoms with Gasteiger partial charge in [-0.1, -0.05) is 12.1 Å². The number of para-hydroxylation sites is 1. The van der Waals surface area contributed by atoms with Gasteiger partial charge in [0.15, 0.2) is 11.5 Å². The fourth-order valence-electron chi connectivity index (χ4n) is 4.10. The first-order chi connectivity index (χ1) is 18.0. The van der Waals surface area contributed by atoms with E-state index in [1.54, 1.807) is 36.5 Å². The first kappa shape index (κ1) is 25.3. The number of ether oxygens (including phenoxy) is 2. The number of nitrogens with zero attached hydrogens (tertiary/aromatic N) is 3. The third-order valence-electron chi connectivity index (χ3n) is 5.86. The molecule has 1 aliphatic rings. The molecular weight excluding hydrogens is 516 g/mol. The zero-order valence-electron chi connectivity index (χ0n) is 19.3. The average Bonchev–Trinajstić information content (AvgIpc) is 3.36. The van der Waals surface area contributed by atoms with Gasteiger partial charge in [-0.25, -0.2) is 4.98 Å². The summed E-state index contributed by atoms with van der Waals surface area (Å²) in [5.74, 6) is 0.0405. The van der Waals surface area contributed by atoms with Crippen LogP contribution >= 0.6 is 0 Å². The van der Waals surface area contributed by atoms with E-state index in [4.69, 9.17) is 9.47 Å². The van der Waals surface area contributed by atoms with Crippen molar-refractivity contribution < 1.29 is 40.6 Å². The number of alkyl halides is 6. The number of aromatic nitrogens is 2. The minimum absolute atomic E-state index is 0.0449. The molecule has 2 aromatic heterocycles. The van der Waals surface area contributed by atoms with Crippen molar-refractivity contribution in [2.24, 2.45) is 0 Å². The van der Waals surface area contributed by atoms with Crippen molar-refractivity contribution in [2.75, 3.05) is 6.79 Å². The van der Waals surface area contributed by atoms with Gasteiger partial charge in [-0.2, -0.15) is 26.3 Å². The Bertz CT molecular complexity index is 1490. The van der Waals surface area contributed by atoms with E-state index in [2.05, 4.69) is 9.97 Å². The monoisotopic (exact) mass is 533 g/mol. The van der Waals surface area contributed by atoms with Gasteiger partial charge in [-0.15, -0.1) is 0 Å². The normalized spacial score (nSPS) is 13.1. The summed E-state index contributed by atoms with van der Waals surface area (Å²) in [5.41, 5.74) is -2.43. The molecule has 6 nitrogen and oxygen atoms in total. The van der Waals surface area contributed by atoms with E-state index < -0.39 is 35.9 Å². The first-order valence-electron chi connectivity index (χ1n) is 11.1. The molecule has 1 amide bonds. The molecule has 0 bridgehead atoms. The lowest BCUT2D eigenvalue weighted by atomic mass is 10.0. The second kappa shape index (κ2) is 9.51. The quantitative estimate of drug-likeness (QED) is 0.284. The Morgan fingerprint density at radius 2 is 1.63 bits per heavy atom. The number of carbonyl (C=O) groups is 1. The molecule has 0 saturated heterocycles. The van der Waals surface area contributed by atoms with E-state index in [9.17, 15) is 31.1 Å². The number of hydrogen-bond acceptors (Lipinski definition) is 5. The summed E-state index contributed by atoms with van der Waals surface area (Å²) in [6, 6.07) is 10.7. The summed E-state index contributed by atoms with van der Waals surface area (Å²) in [5, 5.41) is 0.648. The number of halogens is 6. The molecule has 0 fully saturated rings. The standard InChI is InChI=1S/C26H17F6N3O3/c27-25(28,29)18-8-15(9-19(10-18)26(30,31)32)12-35(13-17-2-1-3-22-23(17)38-14-37-22)24(36)21-5-4-16-11-33-7-6-20(16)34-21/h1-11H,12-14H2. The molecule has 38 heavy (non-hydrogen) atoms. The predicted molar refractivity (Wildman–Crippen MR) is 122 cm³/mol. The lowest BCUT2D eigenvalue weighted by Crippen LogP contribution is -2.31. The van der Waals surface area contributed by atoms with Crippen LogP contribution < -0.4 is 9.47 Å². The molecule has 2 aromatic carbocycles. The maximum atomic E-state index is 13.6. The number of benzene rings is 2. The van der Waals surface area contributed by atoms with Gasteiger partial charge < -0.3 is 14.4 Å². The number of rotatable bonds is 5. The maximum absolute atomic E-state index is 13.6. The Labute approximate surface area is 211 Å². The molecule has 0 saturated carbocycles. The summed E-state index contributed by atoms with van der Waals surface area (Å²) in [4.78, 5) is 23.0. The van der Waals surface area contributed by atoms with E-state index in [-0.39, 0.29) is 30.7 Å². The molecule has 0 radical (unpaired) electrons. The van der Waals surface area contributed by atoms with Crippen LogP contribution in [0.4, 0.5) is 26.3 Å². The molecule has 5 rings (SSSR count). The summed E-state index contributed by atoms with van der Waals surface area (Å²) in [7, 11) is 0. The largest absolute Gasteiger partial charge is 0.454 e. The Kier molecular flexibility index (Phi) is 6.33. The average molecular weight is 533 g/mol. The van der Waals surface area contributed by atoms with Crippen LogP contribution in [0.1, 0.15) is 32.7 Å². The van der Waals surface area contributed by atoms with Gasteiger partial charge in [0.05, 0.1) is 23.2 Å². The third kappa shape index (κ3) is 5.20. The van der Waals surface area contributed by atoms with Crippen molar-refractivity contribution in [1.29, 1.82) is 0 Å². The number of hydrogen-bond donors (Lipinski definition) is 0. The maximum Gasteiger partial charge on any atom is 0.416 e. The molecule has 0 unspecified atom stereocenters. The predicted octanol–water partition coefficient (Wildman–Crippen LogP) is 6.24. The zero-order chi connectivity index (χ0) is 27.1. The van der Waals surface area contributed by atoms with Crippen molar-refractivity contribution in [3.05, 3.63) is 94.9 Å². The molecule has 0 aliphatic carbocycles. The lowest BCUT2D eigenvalue weighted by molar-refractivity contribution is -0.143. The zero-order valence-corrected chi connectivity index (χ0v) is 19.3. The number of amides is 1. The van der Waals surface area contributed by atoms with Gasteiger partial charge in [0.25, 0.3) is 5.91 Å². The summed E-state index contributed by atoms with van der Waals surface area (Å²) in [6.45, 7) is -0.825. The summed E-state index contributed by atoms with van der Waals surface area (Å²) >= 11 is 0. The molecule has 0 spiro atoms. The highest BCUT2D eigenvalue weighted by Crippen LogP contribution is 2.38. The van der Waals surface area contributed by atoms with E-state index in [1.807, 2.05) is 0 Å². The van der Waals surface area contributed by atoms with Gasteiger partial charge in [0.1, 0.15) is 5.69 Å². The van der Waals surface area contributed by atoms with Gasteiger partial charge >= 0.3 is 12.4 Å². The van der Waals surface area contributed by atoms with Crippen molar-refractivity contribution in [3.63, 3.8) is 0 Å². The van der Waals surface area contributed by atoms with E-state index in [0.29, 0.717) is 40.1 Å². The fourth-order valence-corrected chi connectivity index (χ4v) is 4.10. The third-order valence-corrected chi connectivity index (χ3v) is 5.86. The van der Waals surface area contributed by atoms with Crippen LogP contribution in [0.3, 0.4) is 0 Å². The number of pyridine rings is 2. The molecule has 0 N–H and O–H groups in total. The van der Waals surface area contributed by atoms with Crippen molar-refractivity contribution in [3.8, 4) is 11.5 Å². The van der Waals surface area contributed by atoms with Crippen LogP contribution in [0.5, 0.6) is 11.5 Å². The van der Waals surface area contributed by atoms with Crippen molar-refractivity contribution in [1.82, 2.24) is 14.9 Å². The molecule has 1 aliphatic heterocycles. The van der Waals surface area contributed by atoms with Gasteiger partial charge in [0.2, 0.25) is 6.79 Å². The second-order valence-electron chi connectivity index (χ2n) is 8.49. The molecule has 0 atom stereocenters. The van der Waals surface area contributed by atoms with Crippen LogP contribution in [0.2, 0.25) is 0 Å². The van der Waals surface area contributed by atoms with Crippen LogP contribution in [0, 0.1) is 0 Å². The van der Waals surface area contributed by atoms with Crippen molar-refractivity contribution >= 4 is 16.8 Å². The van der Waals surface area contributed by atoms with Gasteiger partial charge in [-0.3, -0.25) is 9.78 Å². The molecule has 4 aromatic rings. The fraction of sp³-hybridized carbons (Fsp3) is 0.192. The SMILES string of the molecule is O=C(c1ccc2cnccc2n1)N(Cc1cc(C(F)(F)F)cc(C(F)(F)F)c1)Cc1cccc2c1OCO2. The van der Waals surface area contributed by atoms with Crippen molar-refractivity contribution in [2.45, 2.75) is 25.4 Å². The molecule has 3 heterocycles. The minimum atomic E-state index is -5.02. The topological polar surface area (TPSA) is 64.6 Å². The molecule has 196 valence electrons. The van der Waals surface area contributed by atoms with Gasteiger partial charge in [0, 0.05) is 29.9 Å². The Balaban J connectivity index is 1.57. The Hall–Kier alpha value is -4.35. The van der Waals surface area contributed by atoms with Gasteiger partial charge in [-0.05, 0) is 48.0 Å². The van der Waals surface area contributed by atoms with Crippen LogP contribution in [-0.4, -0.2) is 27.6 Å². The van der Waals surface area contributed by atoms with E-state index in [0.717, 1.165) is 4.90 Å². The highest BCUT2D eigenvalue weighted by Gasteiger charge is 2.37. The molecule has 12 heteroatoms. The Morgan fingerprint density at radius 1 is 0.895 bits per heavy atom. The summed E-state index contributed by atoms with van der Waals surface area (Å²) in [6.07, 6.45) is -7.03. The van der Waals surface area contributed by atoms with E-state index in [1.165, 1.54) is 12.3 Å². The smallest absolute Gasteiger partial charge is 0.416 e. The Morgan fingerprint density at radius 3 is 2.34 bits per heavy atom. The number of carbonyl (C=O) groups excluding carboxylic acids is 1. The van der Waals surface area contributed by atoms with E-state index >= 15 is 0 Å².